The van der Waals surface area contributed by atoms with Crippen molar-refractivity contribution >= 4 is 11.7 Å². The quantitative estimate of drug-likeness (QED) is 0.525. The first kappa shape index (κ1) is 16.4. The van der Waals surface area contributed by atoms with Crippen LogP contribution in [0.25, 0.3) is 11.3 Å². The van der Waals surface area contributed by atoms with Crippen LogP contribution in [0.5, 0.6) is 0 Å². The molecular weight excluding hydrogens is 324 g/mol. The summed E-state index contributed by atoms with van der Waals surface area (Å²) in [5.41, 5.74) is 1.91. The molecule has 0 aliphatic carbocycles. The molecule has 0 atom stereocenters. The fraction of sp³-hybridized carbons (Fsp3) is 0.188. The number of aryl methyl sites for hydroxylation is 1. The predicted molar refractivity (Wildman–Crippen MR) is 90.0 cm³/mol. The van der Waals surface area contributed by atoms with E-state index in [1.54, 1.807) is 13.0 Å². The number of imidazole rings is 1. The molecule has 3 aromatic rings. The first-order chi connectivity index (χ1) is 12.1. The van der Waals surface area contributed by atoms with E-state index in [1.165, 1.54) is 10.8 Å². The molecular formula is C16H16N6O3. The Labute approximate surface area is 142 Å². The highest BCUT2D eigenvalue weighted by molar-refractivity contribution is 5.93. The molecule has 0 saturated heterocycles. The molecule has 0 aliphatic heterocycles. The number of nitro groups is 1. The summed E-state index contributed by atoms with van der Waals surface area (Å²) < 4.78 is 1.45. The average molecular weight is 340 g/mol. The highest BCUT2D eigenvalue weighted by Crippen LogP contribution is 2.17. The number of nitrogens with zero attached hydrogens (tertiary/aromatic N) is 4. The van der Waals surface area contributed by atoms with Gasteiger partial charge in [-0.2, -0.15) is 5.10 Å². The largest absolute Gasteiger partial charge is 0.358 e. The van der Waals surface area contributed by atoms with E-state index in [0.29, 0.717) is 17.2 Å². The zero-order valence-electron chi connectivity index (χ0n) is 13.5. The van der Waals surface area contributed by atoms with Crippen LogP contribution in [-0.4, -0.2) is 37.1 Å². The topological polar surface area (TPSA) is 119 Å². The predicted octanol–water partition coefficient (Wildman–Crippen LogP) is 1.92. The minimum absolute atomic E-state index is 0.0975. The Morgan fingerprint density at radius 1 is 1.36 bits per heavy atom. The fourth-order valence-electron chi connectivity index (χ4n) is 2.45. The summed E-state index contributed by atoms with van der Waals surface area (Å²) in [6.45, 7) is 2.17. The maximum atomic E-state index is 12.2. The monoisotopic (exact) mass is 340 g/mol. The number of amides is 1. The van der Waals surface area contributed by atoms with E-state index in [0.717, 1.165) is 5.56 Å². The molecule has 9 nitrogen and oxygen atoms in total. The summed E-state index contributed by atoms with van der Waals surface area (Å²) in [5, 5.41) is 20.5. The van der Waals surface area contributed by atoms with Gasteiger partial charge < -0.3 is 15.4 Å². The second-order valence-electron chi connectivity index (χ2n) is 5.36. The normalized spacial score (nSPS) is 10.6. The molecule has 3 rings (SSSR count). The van der Waals surface area contributed by atoms with Gasteiger partial charge in [-0.3, -0.25) is 9.89 Å². The molecule has 1 amide bonds. The number of carbonyl (C=O) groups excluding carboxylic acids is 1. The lowest BCUT2D eigenvalue weighted by Gasteiger charge is -2.04. The number of aromatic amines is 1. The molecule has 0 spiro atoms. The Kier molecular flexibility index (Phi) is 4.55. The third-order valence-corrected chi connectivity index (χ3v) is 3.73. The van der Waals surface area contributed by atoms with Crippen LogP contribution < -0.4 is 5.32 Å². The second kappa shape index (κ2) is 6.95. The first-order valence-electron chi connectivity index (χ1n) is 7.62. The van der Waals surface area contributed by atoms with E-state index in [4.69, 9.17) is 0 Å². The molecule has 0 unspecified atom stereocenters. The summed E-state index contributed by atoms with van der Waals surface area (Å²) in [7, 11) is 0. The summed E-state index contributed by atoms with van der Waals surface area (Å²) in [5.74, 6) is 0.101. The van der Waals surface area contributed by atoms with E-state index in [1.807, 2.05) is 30.3 Å². The van der Waals surface area contributed by atoms with Crippen LogP contribution in [-0.2, 0) is 6.54 Å². The molecule has 0 saturated carbocycles. The Hall–Kier alpha value is -3.49. The number of nitrogens with one attached hydrogen (secondary N) is 2. The molecule has 0 radical (unpaired) electrons. The van der Waals surface area contributed by atoms with Crippen molar-refractivity contribution in [2.24, 2.45) is 0 Å². The zero-order valence-corrected chi connectivity index (χ0v) is 13.5. The van der Waals surface area contributed by atoms with Crippen molar-refractivity contribution in [3.63, 3.8) is 0 Å². The van der Waals surface area contributed by atoms with Crippen molar-refractivity contribution in [2.45, 2.75) is 13.5 Å². The molecule has 2 aromatic heterocycles. The number of aromatic nitrogens is 4. The van der Waals surface area contributed by atoms with Crippen LogP contribution in [0.15, 0.2) is 42.6 Å². The Morgan fingerprint density at radius 2 is 2.12 bits per heavy atom. The molecule has 2 N–H and O–H groups in total. The molecule has 2 heterocycles. The van der Waals surface area contributed by atoms with Crippen LogP contribution in [0.4, 0.5) is 5.82 Å². The molecule has 1 aromatic carbocycles. The van der Waals surface area contributed by atoms with E-state index in [2.05, 4.69) is 20.5 Å². The van der Waals surface area contributed by atoms with Crippen molar-refractivity contribution < 1.29 is 9.72 Å². The first-order valence-corrected chi connectivity index (χ1v) is 7.62. The Morgan fingerprint density at radius 3 is 2.84 bits per heavy atom. The minimum Gasteiger partial charge on any atom is -0.358 e. The van der Waals surface area contributed by atoms with Crippen LogP contribution in [0.1, 0.15) is 16.3 Å². The fourth-order valence-corrected chi connectivity index (χ4v) is 2.45. The van der Waals surface area contributed by atoms with Crippen molar-refractivity contribution in [3.8, 4) is 11.3 Å². The van der Waals surface area contributed by atoms with Gasteiger partial charge >= 0.3 is 5.82 Å². The summed E-state index contributed by atoms with van der Waals surface area (Å²) in [4.78, 5) is 26.5. The molecule has 0 bridgehead atoms. The molecule has 128 valence electrons. The van der Waals surface area contributed by atoms with Gasteiger partial charge in [0.25, 0.3) is 5.91 Å². The van der Waals surface area contributed by atoms with Gasteiger partial charge in [-0.1, -0.05) is 30.3 Å². The van der Waals surface area contributed by atoms with E-state index < -0.39 is 4.92 Å². The standard InChI is InChI=1S/C16H16N6O3/c1-11-18-10-15(22(24)25)21(11)8-7-17-16(23)14-9-13(19-20-14)12-5-3-2-4-6-12/h2-6,9-10H,7-8H2,1H3,(H,17,23)(H,19,20). The lowest BCUT2D eigenvalue weighted by molar-refractivity contribution is -0.392. The number of hydrogen-bond donors (Lipinski definition) is 2. The third kappa shape index (κ3) is 3.55. The number of H-pyrrole nitrogens is 1. The van der Waals surface area contributed by atoms with Gasteiger partial charge in [0.15, 0.2) is 5.82 Å². The van der Waals surface area contributed by atoms with Gasteiger partial charge in [0.05, 0.1) is 12.2 Å². The van der Waals surface area contributed by atoms with Gasteiger partial charge in [0, 0.05) is 12.5 Å². The van der Waals surface area contributed by atoms with Gasteiger partial charge in [-0.25, -0.2) is 9.55 Å². The van der Waals surface area contributed by atoms with E-state index >= 15 is 0 Å². The number of hydrogen-bond acceptors (Lipinski definition) is 5. The molecule has 9 heteroatoms. The van der Waals surface area contributed by atoms with Crippen molar-refractivity contribution in [1.29, 1.82) is 0 Å². The maximum Gasteiger partial charge on any atom is 0.342 e. The van der Waals surface area contributed by atoms with Crippen LogP contribution in [0.2, 0.25) is 0 Å². The summed E-state index contributed by atoms with van der Waals surface area (Å²) >= 11 is 0. The highest BCUT2D eigenvalue weighted by atomic mass is 16.6. The summed E-state index contributed by atoms with van der Waals surface area (Å²) in [6, 6.07) is 11.2. The number of carbonyl (C=O) groups is 1. The van der Waals surface area contributed by atoms with Crippen LogP contribution in [0.3, 0.4) is 0 Å². The maximum absolute atomic E-state index is 12.2. The van der Waals surface area contributed by atoms with Gasteiger partial charge in [-0.05, 0) is 11.0 Å². The van der Waals surface area contributed by atoms with Crippen LogP contribution in [0, 0.1) is 17.0 Å². The number of rotatable bonds is 6. The van der Waals surface area contributed by atoms with Crippen molar-refractivity contribution in [3.05, 3.63) is 64.2 Å². The van der Waals surface area contributed by atoms with Crippen LogP contribution >= 0.6 is 0 Å². The Bertz CT molecular complexity index is 900. The van der Waals surface area contributed by atoms with Gasteiger partial charge in [0.2, 0.25) is 0 Å². The van der Waals surface area contributed by atoms with Gasteiger partial charge in [0.1, 0.15) is 18.4 Å². The highest BCUT2D eigenvalue weighted by Gasteiger charge is 2.17. The van der Waals surface area contributed by atoms with Crippen molar-refractivity contribution in [1.82, 2.24) is 25.1 Å². The molecule has 0 fully saturated rings. The average Bonchev–Trinajstić information content (AvgIpc) is 3.23. The second-order valence-corrected chi connectivity index (χ2v) is 5.36. The summed E-state index contributed by atoms with van der Waals surface area (Å²) in [6.07, 6.45) is 1.21. The zero-order chi connectivity index (χ0) is 17.8. The Balaban J connectivity index is 1.61. The molecule has 25 heavy (non-hydrogen) atoms. The number of benzene rings is 1. The lowest BCUT2D eigenvalue weighted by atomic mass is 10.1. The van der Waals surface area contributed by atoms with E-state index in [-0.39, 0.29) is 24.8 Å². The van der Waals surface area contributed by atoms with E-state index in [9.17, 15) is 14.9 Å². The van der Waals surface area contributed by atoms with Crippen molar-refractivity contribution in [2.75, 3.05) is 6.54 Å². The molecule has 0 aliphatic rings. The van der Waals surface area contributed by atoms with Gasteiger partial charge in [-0.15, -0.1) is 0 Å². The smallest absolute Gasteiger partial charge is 0.342 e. The minimum atomic E-state index is -0.497. The SMILES string of the molecule is Cc1ncc([N+](=O)[O-])n1CCNC(=O)c1cc(-c2ccccc2)n[nH]1. The third-order valence-electron chi connectivity index (χ3n) is 3.73. The lowest BCUT2D eigenvalue weighted by Crippen LogP contribution is -2.28.